The monoisotopic (exact) mass is 315 g/mol. The molecule has 0 spiro atoms. The molecule has 0 aliphatic carbocycles. The number of nitrogens with zero attached hydrogens (tertiary/aromatic N) is 3. The van der Waals surface area contributed by atoms with E-state index in [1.54, 1.807) is 43.0 Å². The number of aromatic nitrogens is 2. The molecule has 1 atom stereocenters. The molecule has 1 aromatic heterocycles. The summed E-state index contributed by atoms with van der Waals surface area (Å²) in [4.78, 5) is 29.5. The minimum Gasteiger partial charge on any atom is -0.481 e. The van der Waals surface area contributed by atoms with Gasteiger partial charge in [-0.15, -0.1) is 0 Å². The molecule has 1 amide bonds. The number of carboxylic acid groups (broad SMARTS) is 1. The molecule has 7 heteroatoms. The van der Waals surface area contributed by atoms with Gasteiger partial charge in [0.1, 0.15) is 0 Å². The van der Waals surface area contributed by atoms with Gasteiger partial charge in [-0.25, -0.2) is 0 Å². The molecule has 23 heavy (non-hydrogen) atoms. The fourth-order valence-electron chi connectivity index (χ4n) is 2.66. The summed E-state index contributed by atoms with van der Waals surface area (Å²) in [5, 5.41) is 13.0. The van der Waals surface area contributed by atoms with E-state index in [0.29, 0.717) is 30.2 Å². The molecule has 3 rings (SSSR count). The van der Waals surface area contributed by atoms with Crippen LogP contribution in [0.1, 0.15) is 29.5 Å². The molecule has 0 bridgehead atoms. The van der Waals surface area contributed by atoms with E-state index in [9.17, 15) is 14.7 Å². The number of carbonyl (C=O) groups excluding carboxylic acids is 1. The second-order valence-electron chi connectivity index (χ2n) is 6.07. The summed E-state index contributed by atoms with van der Waals surface area (Å²) in [5.41, 5.74) is 0.384. The van der Waals surface area contributed by atoms with Gasteiger partial charge >= 0.3 is 5.97 Å². The van der Waals surface area contributed by atoms with E-state index < -0.39 is 11.4 Å². The highest BCUT2D eigenvalue weighted by Gasteiger charge is 2.42. The number of benzene rings is 1. The molecule has 1 aliphatic heterocycles. The van der Waals surface area contributed by atoms with Crippen molar-refractivity contribution in [3.63, 3.8) is 0 Å². The van der Waals surface area contributed by atoms with E-state index >= 15 is 0 Å². The molecular weight excluding hydrogens is 298 g/mol. The van der Waals surface area contributed by atoms with Crippen molar-refractivity contribution in [2.75, 3.05) is 13.1 Å². The summed E-state index contributed by atoms with van der Waals surface area (Å²) in [7, 11) is 0. The summed E-state index contributed by atoms with van der Waals surface area (Å²) >= 11 is 0. The number of aliphatic carboxylic acids is 1. The van der Waals surface area contributed by atoms with E-state index in [1.807, 2.05) is 0 Å². The van der Waals surface area contributed by atoms with Crippen LogP contribution < -0.4 is 0 Å². The van der Waals surface area contributed by atoms with Crippen molar-refractivity contribution in [1.82, 2.24) is 15.0 Å². The number of amides is 1. The summed E-state index contributed by atoms with van der Waals surface area (Å²) < 4.78 is 5.08. The zero-order valence-corrected chi connectivity index (χ0v) is 12.9. The average Bonchev–Trinajstić information content (AvgIpc) is 3.14. The van der Waals surface area contributed by atoms with Crippen LogP contribution >= 0.6 is 0 Å². The van der Waals surface area contributed by atoms with Crippen molar-refractivity contribution in [3.8, 4) is 11.5 Å². The first-order valence-corrected chi connectivity index (χ1v) is 7.32. The van der Waals surface area contributed by atoms with Gasteiger partial charge in [-0.3, -0.25) is 9.59 Å². The molecule has 120 valence electrons. The Labute approximate surface area is 132 Å². The summed E-state index contributed by atoms with van der Waals surface area (Å²) in [6.45, 7) is 4.08. The van der Waals surface area contributed by atoms with E-state index in [2.05, 4.69) is 10.1 Å². The number of carboxylic acids is 1. The van der Waals surface area contributed by atoms with Gasteiger partial charge in [0, 0.05) is 24.2 Å². The third kappa shape index (κ3) is 2.81. The number of carbonyl (C=O) groups is 2. The highest BCUT2D eigenvalue weighted by Crippen LogP contribution is 2.31. The first kappa shape index (κ1) is 15.2. The zero-order chi connectivity index (χ0) is 16.6. The van der Waals surface area contributed by atoms with Gasteiger partial charge < -0.3 is 14.5 Å². The number of aryl methyl sites for hydroxylation is 1. The first-order chi connectivity index (χ1) is 10.9. The molecule has 0 radical (unpaired) electrons. The Kier molecular flexibility index (Phi) is 3.63. The normalized spacial score (nSPS) is 20.7. The maximum atomic E-state index is 12.5. The lowest BCUT2D eigenvalue weighted by Gasteiger charge is -2.20. The van der Waals surface area contributed by atoms with Gasteiger partial charge in [-0.2, -0.15) is 4.98 Å². The van der Waals surface area contributed by atoms with E-state index in [-0.39, 0.29) is 12.5 Å². The van der Waals surface area contributed by atoms with Crippen molar-refractivity contribution >= 4 is 11.9 Å². The van der Waals surface area contributed by atoms with Crippen molar-refractivity contribution in [2.24, 2.45) is 5.41 Å². The lowest BCUT2D eigenvalue weighted by molar-refractivity contribution is -0.147. The second-order valence-corrected chi connectivity index (χ2v) is 6.07. The third-order valence-electron chi connectivity index (χ3n) is 4.18. The predicted molar refractivity (Wildman–Crippen MR) is 80.7 cm³/mol. The van der Waals surface area contributed by atoms with Gasteiger partial charge in [0.15, 0.2) is 5.82 Å². The molecular formula is C16H17N3O4. The lowest BCUT2D eigenvalue weighted by Crippen LogP contribution is -2.34. The molecule has 1 saturated heterocycles. The van der Waals surface area contributed by atoms with Crippen LogP contribution in [0.2, 0.25) is 0 Å². The molecule has 1 aromatic carbocycles. The molecule has 7 nitrogen and oxygen atoms in total. The topological polar surface area (TPSA) is 96.5 Å². The van der Waals surface area contributed by atoms with Crippen molar-refractivity contribution in [1.29, 1.82) is 0 Å². The molecule has 1 aliphatic rings. The van der Waals surface area contributed by atoms with Gasteiger partial charge in [-0.05, 0) is 44.5 Å². The number of rotatable bonds is 3. The van der Waals surface area contributed by atoms with Gasteiger partial charge in [0.25, 0.3) is 11.8 Å². The molecule has 1 N–H and O–H groups in total. The standard InChI is InChI=1S/C16H17N3O4/c1-10-17-13(23-18-10)11-3-5-12(6-4-11)14(20)19-8-7-16(2,9-19)15(21)22/h3-6H,7-9H2,1-2H3,(H,21,22)/t16-/m1/s1. The maximum absolute atomic E-state index is 12.5. The SMILES string of the molecule is Cc1noc(-c2ccc(C(=O)N3CC[C@@](C)(C(=O)O)C3)cc2)n1. The highest BCUT2D eigenvalue weighted by molar-refractivity contribution is 5.95. The quantitative estimate of drug-likeness (QED) is 0.930. The van der Waals surface area contributed by atoms with Crippen LogP contribution in [0.3, 0.4) is 0 Å². The Morgan fingerprint density at radius 3 is 2.52 bits per heavy atom. The van der Waals surface area contributed by atoms with Crippen molar-refractivity contribution in [3.05, 3.63) is 35.7 Å². The molecule has 0 unspecified atom stereocenters. The van der Waals surface area contributed by atoms with Crippen LogP contribution in [-0.2, 0) is 4.79 Å². The lowest BCUT2D eigenvalue weighted by atomic mass is 9.90. The molecule has 0 saturated carbocycles. The van der Waals surface area contributed by atoms with Gasteiger partial charge in [0.05, 0.1) is 5.41 Å². The van der Waals surface area contributed by atoms with Crippen molar-refractivity contribution in [2.45, 2.75) is 20.3 Å². The van der Waals surface area contributed by atoms with E-state index in [0.717, 1.165) is 5.56 Å². The van der Waals surface area contributed by atoms with E-state index in [1.165, 1.54) is 0 Å². The van der Waals surface area contributed by atoms with Crippen LogP contribution in [0.25, 0.3) is 11.5 Å². The minimum absolute atomic E-state index is 0.164. The summed E-state index contributed by atoms with van der Waals surface area (Å²) in [5.74, 6) is -0.0792. The maximum Gasteiger partial charge on any atom is 0.311 e. The average molecular weight is 315 g/mol. The Morgan fingerprint density at radius 2 is 2.00 bits per heavy atom. The Balaban J connectivity index is 1.75. The Bertz CT molecular complexity index is 753. The van der Waals surface area contributed by atoms with E-state index in [4.69, 9.17) is 4.52 Å². The number of hydrogen-bond acceptors (Lipinski definition) is 5. The summed E-state index contributed by atoms with van der Waals surface area (Å²) in [6, 6.07) is 6.86. The van der Waals surface area contributed by atoms with Crippen LogP contribution in [0.15, 0.2) is 28.8 Å². The molecule has 2 aromatic rings. The second kappa shape index (κ2) is 5.49. The fraction of sp³-hybridized carbons (Fsp3) is 0.375. The number of likely N-dealkylation sites (tertiary alicyclic amines) is 1. The Morgan fingerprint density at radius 1 is 1.30 bits per heavy atom. The Hall–Kier alpha value is -2.70. The van der Waals surface area contributed by atoms with Gasteiger partial charge in [0.2, 0.25) is 0 Å². The van der Waals surface area contributed by atoms with Crippen LogP contribution in [0.5, 0.6) is 0 Å². The fourth-order valence-corrected chi connectivity index (χ4v) is 2.66. The number of hydrogen-bond donors (Lipinski definition) is 1. The first-order valence-electron chi connectivity index (χ1n) is 7.32. The molecule has 1 fully saturated rings. The van der Waals surface area contributed by atoms with Gasteiger partial charge in [-0.1, -0.05) is 5.16 Å². The largest absolute Gasteiger partial charge is 0.481 e. The van der Waals surface area contributed by atoms with Crippen LogP contribution in [0, 0.1) is 12.3 Å². The zero-order valence-electron chi connectivity index (χ0n) is 12.9. The highest BCUT2D eigenvalue weighted by atomic mass is 16.5. The van der Waals surface area contributed by atoms with Crippen LogP contribution in [0.4, 0.5) is 0 Å². The molecule has 2 heterocycles. The minimum atomic E-state index is -0.866. The summed E-state index contributed by atoms with van der Waals surface area (Å²) in [6.07, 6.45) is 0.466. The smallest absolute Gasteiger partial charge is 0.311 e. The third-order valence-corrected chi connectivity index (χ3v) is 4.18. The predicted octanol–water partition coefficient (Wildman–Crippen LogP) is 1.98. The van der Waals surface area contributed by atoms with Crippen LogP contribution in [-0.4, -0.2) is 45.1 Å². The van der Waals surface area contributed by atoms with Crippen molar-refractivity contribution < 1.29 is 19.2 Å².